The maximum atomic E-state index is 13.8. The Morgan fingerprint density at radius 2 is 1.33 bits per heavy atom. The number of hydrogen-bond donors (Lipinski definition) is 0. The van der Waals surface area contributed by atoms with Crippen molar-refractivity contribution in [2.24, 2.45) is 22.7 Å². The fourth-order valence-corrected chi connectivity index (χ4v) is 11.2. The molecule has 1 aromatic rings. The van der Waals surface area contributed by atoms with Gasteiger partial charge in [-0.05, 0) is 130 Å². The van der Waals surface area contributed by atoms with E-state index in [1.54, 1.807) is 12.1 Å². The normalized spacial score (nSPS) is 28.9. The molecule has 0 saturated heterocycles. The molecular formula is C22H18F6I3O7S-. The summed E-state index contributed by atoms with van der Waals surface area (Å²) in [6, 6.07) is 3.50. The van der Waals surface area contributed by atoms with Crippen LogP contribution in [0.1, 0.15) is 38.5 Å². The fourth-order valence-electron chi connectivity index (χ4n) is 6.55. The summed E-state index contributed by atoms with van der Waals surface area (Å²) in [6.07, 6.45) is -12.6. The van der Waals surface area contributed by atoms with Crippen LogP contribution in [0.3, 0.4) is 0 Å². The van der Waals surface area contributed by atoms with Crippen molar-refractivity contribution < 1.29 is 58.4 Å². The lowest BCUT2D eigenvalue weighted by molar-refractivity contribution is -0.364. The molecule has 0 amide bonds. The van der Waals surface area contributed by atoms with Crippen molar-refractivity contribution in [3.63, 3.8) is 0 Å². The van der Waals surface area contributed by atoms with Gasteiger partial charge in [0.1, 0.15) is 0 Å². The lowest BCUT2D eigenvalue weighted by atomic mass is 9.44. The third-order valence-corrected chi connectivity index (χ3v) is 10.6. The topological polar surface area (TPSA) is 110 Å². The Labute approximate surface area is 259 Å². The first kappa shape index (κ1) is 31.8. The van der Waals surface area contributed by atoms with Gasteiger partial charge < -0.3 is 14.0 Å². The van der Waals surface area contributed by atoms with Crippen LogP contribution in [0.5, 0.6) is 5.75 Å². The van der Waals surface area contributed by atoms with E-state index in [1.807, 2.05) is 45.2 Å². The van der Waals surface area contributed by atoms with E-state index in [1.165, 1.54) is 0 Å². The predicted octanol–water partition coefficient (Wildman–Crippen LogP) is 5.94. The van der Waals surface area contributed by atoms with Gasteiger partial charge in [-0.15, -0.1) is 0 Å². The van der Waals surface area contributed by atoms with Crippen LogP contribution in [-0.2, 0) is 24.4 Å². The molecule has 0 aliphatic heterocycles. The molecule has 5 rings (SSSR count). The summed E-state index contributed by atoms with van der Waals surface area (Å²) in [6.45, 7) is 0. The summed E-state index contributed by atoms with van der Waals surface area (Å²) in [5, 5.41) is 0. The maximum Gasteiger partial charge on any atom is 0.438 e. The number of carbonyl (C=O) groups excluding carboxylic acids is 2. The van der Waals surface area contributed by atoms with Gasteiger partial charge in [-0.2, -0.15) is 26.3 Å². The molecule has 4 aliphatic rings. The first-order valence-corrected chi connectivity index (χ1v) is 16.1. The number of benzene rings is 1. The van der Waals surface area contributed by atoms with E-state index < -0.39 is 63.0 Å². The molecule has 4 fully saturated rings. The van der Waals surface area contributed by atoms with Gasteiger partial charge in [-0.25, -0.2) is 8.42 Å². The van der Waals surface area contributed by atoms with Crippen molar-refractivity contribution in [3.05, 3.63) is 22.8 Å². The number of rotatable bonds is 6. The molecule has 4 aliphatic carbocycles. The van der Waals surface area contributed by atoms with Gasteiger partial charge in [-0.1, -0.05) is 0 Å². The molecule has 0 spiro atoms. The predicted molar refractivity (Wildman–Crippen MR) is 145 cm³/mol. The quantitative estimate of drug-likeness (QED) is 0.114. The first-order chi connectivity index (χ1) is 17.6. The Bertz CT molecular complexity index is 1260. The largest absolute Gasteiger partial charge is 0.748 e. The maximum absolute atomic E-state index is 13.8. The van der Waals surface area contributed by atoms with Gasteiger partial charge in [0.25, 0.3) is 0 Å². The zero-order valence-corrected chi connectivity index (χ0v) is 26.7. The summed E-state index contributed by atoms with van der Waals surface area (Å²) in [5.74, 6) is -6.23. The minimum atomic E-state index is -6.46. The highest BCUT2D eigenvalue weighted by atomic mass is 127. The SMILES string of the molecule is O=C(Oc1c(I)cc(I)cc1I)C12CC3CC(C1)CC(C(=O)OC(CS(=O)(=O)[O-])(C(F)(F)F)C(F)(F)F)(C3)C2. The molecule has 0 heterocycles. The van der Waals surface area contributed by atoms with Crippen LogP contribution in [0.2, 0.25) is 0 Å². The van der Waals surface area contributed by atoms with Crippen LogP contribution in [0.25, 0.3) is 0 Å². The molecule has 218 valence electrons. The van der Waals surface area contributed by atoms with Gasteiger partial charge in [0, 0.05) is 3.57 Å². The average Bonchev–Trinajstić information content (AvgIpc) is 2.72. The van der Waals surface area contributed by atoms with Crippen molar-refractivity contribution in [1.29, 1.82) is 0 Å². The van der Waals surface area contributed by atoms with Crippen LogP contribution >= 0.6 is 67.8 Å². The third kappa shape index (κ3) is 5.89. The second kappa shape index (κ2) is 10.2. The van der Waals surface area contributed by atoms with Crippen molar-refractivity contribution >= 4 is 89.8 Å². The Kier molecular flexibility index (Phi) is 8.34. The number of hydrogen-bond acceptors (Lipinski definition) is 7. The van der Waals surface area contributed by atoms with Crippen LogP contribution in [0, 0.1) is 33.4 Å². The Balaban J connectivity index is 1.70. The lowest BCUT2D eigenvalue weighted by Crippen LogP contribution is -2.66. The standard InChI is InChI=1S/C22H19F6I3O7S/c23-21(24,25)20(22(26,27)28,9-39(34,35)36)38-17(33)19-6-10-1-11(7-19)5-18(4-10,8-19)16(32)37-15-13(30)2-12(29)3-14(15)31/h2-3,10-11H,1,4-9H2,(H,34,35,36)/p-1. The lowest BCUT2D eigenvalue weighted by Gasteiger charge is -2.59. The van der Waals surface area contributed by atoms with E-state index in [4.69, 9.17) is 4.74 Å². The van der Waals surface area contributed by atoms with E-state index >= 15 is 0 Å². The van der Waals surface area contributed by atoms with Gasteiger partial charge in [-0.3, -0.25) is 9.59 Å². The van der Waals surface area contributed by atoms with Gasteiger partial charge in [0.2, 0.25) is 0 Å². The van der Waals surface area contributed by atoms with E-state index in [0.717, 1.165) is 3.57 Å². The van der Waals surface area contributed by atoms with E-state index in [-0.39, 0.29) is 43.3 Å². The first-order valence-electron chi connectivity index (χ1n) is 11.3. The summed E-state index contributed by atoms with van der Waals surface area (Å²) in [4.78, 5) is 26.8. The molecule has 39 heavy (non-hydrogen) atoms. The Morgan fingerprint density at radius 1 is 0.897 bits per heavy atom. The van der Waals surface area contributed by atoms with Gasteiger partial charge >= 0.3 is 29.9 Å². The highest BCUT2D eigenvalue weighted by Crippen LogP contribution is 2.66. The van der Waals surface area contributed by atoms with Gasteiger partial charge in [0.15, 0.2) is 5.75 Å². The highest BCUT2D eigenvalue weighted by molar-refractivity contribution is 14.1. The zero-order valence-electron chi connectivity index (χ0n) is 19.4. The monoisotopic (exact) mass is 921 g/mol. The molecule has 17 heteroatoms. The second-order valence-corrected chi connectivity index (χ2v) is 15.5. The molecule has 2 unspecified atom stereocenters. The summed E-state index contributed by atoms with van der Waals surface area (Å²) in [7, 11) is -6.16. The Morgan fingerprint density at radius 3 is 1.74 bits per heavy atom. The van der Waals surface area contributed by atoms with Crippen LogP contribution in [0.4, 0.5) is 26.3 Å². The summed E-state index contributed by atoms with van der Waals surface area (Å²) >= 11 is 6.01. The molecule has 4 bridgehead atoms. The van der Waals surface area contributed by atoms with E-state index in [2.05, 4.69) is 27.3 Å². The molecule has 0 N–H and O–H groups in total. The molecule has 0 radical (unpaired) electrons. The second-order valence-electron chi connectivity index (χ2n) is 10.5. The average molecular weight is 921 g/mol. The van der Waals surface area contributed by atoms with E-state index in [0.29, 0.717) is 13.6 Å². The molecule has 7 nitrogen and oxygen atoms in total. The highest BCUT2D eigenvalue weighted by Gasteiger charge is 2.76. The molecule has 1 aromatic carbocycles. The van der Waals surface area contributed by atoms with Crippen LogP contribution in [-0.4, -0.2) is 48.6 Å². The number of ether oxygens (including phenoxy) is 2. The summed E-state index contributed by atoms with van der Waals surface area (Å²) < 4.78 is 128. The van der Waals surface area contributed by atoms with Crippen molar-refractivity contribution in [2.45, 2.75) is 56.5 Å². The Hall–Kier alpha value is -0.160. The number of esters is 2. The van der Waals surface area contributed by atoms with E-state index in [9.17, 15) is 48.9 Å². The number of carbonyl (C=O) groups is 2. The smallest absolute Gasteiger partial charge is 0.438 e. The minimum Gasteiger partial charge on any atom is -0.748 e. The van der Waals surface area contributed by atoms with Crippen molar-refractivity contribution in [3.8, 4) is 5.75 Å². The number of halogens is 9. The minimum absolute atomic E-state index is 0.133. The van der Waals surface area contributed by atoms with Crippen LogP contribution in [0.15, 0.2) is 12.1 Å². The number of alkyl halides is 6. The molecule has 4 saturated carbocycles. The van der Waals surface area contributed by atoms with Gasteiger partial charge in [0.05, 0.1) is 33.8 Å². The fraction of sp³-hybridized carbons (Fsp3) is 0.636. The summed E-state index contributed by atoms with van der Waals surface area (Å²) in [5.41, 5.74) is -8.83. The molecule has 0 aromatic heterocycles. The molecular weight excluding hydrogens is 903 g/mol. The van der Waals surface area contributed by atoms with Crippen LogP contribution < -0.4 is 4.74 Å². The zero-order chi connectivity index (χ0) is 29.4. The third-order valence-electron chi connectivity index (χ3n) is 7.65. The molecule has 2 atom stereocenters. The van der Waals surface area contributed by atoms with Crippen molar-refractivity contribution in [2.75, 3.05) is 5.75 Å². The van der Waals surface area contributed by atoms with Crippen molar-refractivity contribution in [1.82, 2.24) is 0 Å².